The van der Waals surface area contributed by atoms with Gasteiger partial charge >= 0.3 is 23.9 Å². The second-order valence-corrected chi connectivity index (χ2v) is 8.94. The van der Waals surface area contributed by atoms with Crippen LogP contribution in [0.1, 0.15) is 52.4 Å². The lowest BCUT2D eigenvalue weighted by Gasteiger charge is -2.46. The molecule has 0 unspecified atom stereocenters. The van der Waals surface area contributed by atoms with Crippen molar-refractivity contribution in [1.82, 2.24) is 9.97 Å². The van der Waals surface area contributed by atoms with E-state index in [9.17, 15) is 19.2 Å². The summed E-state index contributed by atoms with van der Waals surface area (Å²) in [4.78, 5) is 54.2. The molecule has 2 aromatic heterocycles. The highest BCUT2D eigenvalue weighted by Crippen LogP contribution is 2.40. The van der Waals surface area contributed by atoms with Crippen LogP contribution in [0.25, 0.3) is 0 Å². The number of aromatic nitrogens is 2. The molecule has 11 heteroatoms. The summed E-state index contributed by atoms with van der Waals surface area (Å²) >= 11 is 0. The molecule has 3 heterocycles. The van der Waals surface area contributed by atoms with E-state index in [0.717, 1.165) is 11.4 Å². The molecule has 196 valence electrons. The highest BCUT2D eigenvalue weighted by Gasteiger charge is 2.53. The summed E-state index contributed by atoms with van der Waals surface area (Å²) in [6, 6.07) is 7.57. The van der Waals surface area contributed by atoms with Gasteiger partial charge in [0.25, 0.3) is 0 Å². The number of nitrogens with one attached hydrogen (secondary N) is 2. The Labute approximate surface area is 208 Å². The number of aromatic amines is 2. The van der Waals surface area contributed by atoms with Crippen LogP contribution >= 0.6 is 0 Å². The second kappa shape index (κ2) is 11.4. The van der Waals surface area contributed by atoms with Crippen LogP contribution in [0.4, 0.5) is 0 Å². The minimum atomic E-state index is -1.20. The first-order chi connectivity index (χ1) is 17.0. The van der Waals surface area contributed by atoms with Crippen molar-refractivity contribution in [2.24, 2.45) is 0 Å². The Bertz CT molecular complexity index is 1010. The number of rotatable bonds is 9. The lowest BCUT2D eigenvalue weighted by molar-refractivity contribution is -0.254. The maximum absolute atomic E-state index is 12.1. The molecule has 0 aliphatic carbocycles. The zero-order valence-corrected chi connectivity index (χ0v) is 20.9. The number of hydrogen-bond donors (Lipinski definition) is 2. The Kier molecular flexibility index (Phi) is 8.57. The summed E-state index contributed by atoms with van der Waals surface area (Å²) in [5.74, 6) is -2.54. The standard InChI is InChI=1S/C25H32N2O9/c1-14(28)32-13-19-23(34-16(3)30)24(35-17(4)31)22(33-15(2)29)18(36-19)12-25(5,20-8-6-10-26-20)21-9-7-11-27-21/h6-11,18-19,22-24,26-27H,12-13H2,1-5H3/t18-,19+,22-,23+,24+/m0/s1. The van der Waals surface area contributed by atoms with Gasteiger partial charge in [0.05, 0.1) is 5.41 Å². The van der Waals surface area contributed by atoms with Gasteiger partial charge < -0.3 is 33.7 Å². The quantitative estimate of drug-likeness (QED) is 0.387. The number of hydrogen-bond acceptors (Lipinski definition) is 9. The zero-order chi connectivity index (χ0) is 26.5. The normalized spacial score (nSPS) is 24.0. The first-order valence-electron chi connectivity index (χ1n) is 11.6. The van der Waals surface area contributed by atoms with E-state index in [2.05, 4.69) is 9.97 Å². The molecule has 5 atom stereocenters. The third-order valence-corrected chi connectivity index (χ3v) is 6.08. The number of carbonyl (C=O) groups excluding carboxylic acids is 4. The first-order valence-corrected chi connectivity index (χ1v) is 11.6. The Morgan fingerprint density at radius 3 is 1.67 bits per heavy atom. The molecule has 36 heavy (non-hydrogen) atoms. The lowest BCUT2D eigenvalue weighted by Crippen LogP contribution is -2.63. The van der Waals surface area contributed by atoms with Crippen LogP contribution in [-0.4, -0.2) is 71.0 Å². The van der Waals surface area contributed by atoms with Crippen molar-refractivity contribution in [3.8, 4) is 0 Å². The van der Waals surface area contributed by atoms with Gasteiger partial charge in [-0.2, -0.15) is 0 Å². The molecular formula is C25H32N2O9. The molecule has 2 aromatic rings. The number of H-pyrrole nitrogens is 2. The van der Waals surface area contributed by atoms with E-state index < -0.39 is 59.8 Å². The van der Waals surface area contributed by atoms with Gasteiger partial charge in [-0.25, -0.2) is 0 Å². The van der Waals surface area contributed by atoms with Gasteiger partial charge in [0.2, 0.25) is 0 Å². The molecule has 0 spiro atoms. The van der Waals surface area contributed by atoms with Crippen molar-refractivity contribution in [2.75, 3.05) is 6.61 Å². The summed E-state index contributed by atoms with van der Waals surface area (Å²) in [6.07, 6.45) is -1.49. The molecule has 1 aliphatic heterocycles. The van der Waals surface area contributed by atoms with Crippen LogP contribution in [0.5, 0.6) is 0 Å². The molecule has 0 aromatic carbocycles. The second-order valence-electron chi connectivity index (χ2n) is 8.94. The van der Waals surface area contributed by atoms with Crippen molar-refractivity contribution >= 4 is 23.9 Å². The predicted octanol–water partition coefficient (Wildman–Crippen LogP) is 2.16. The van der Waals surface area contributed by atoms with Crippen LogP contribution in [0, 0.1) is 0 Å². The van der Waals surface area contributed by atoms with Gasteiger partial charge in [-0.05, 0) is 37.6 Å². The third-order valence-electron chi connectivity index (χ3n) is 6.08. The van der Waals surface area contributed by atoms with E-state index in [4.69, 9.17) is 23.7 Å². The molecule has 1 aliphatic rings. The Morgan fingerprint density at radius 1 is 0.778 bits per heavy atom. The highest BCUT2D eigenvalue weighted by atomic mass is 16.7. The Balaban J connectivity index is 2.07. The van der Waals surface area contributed by atoms with E-state index in [1.807, 2.05) is 31.2 Å². The number of carbonyl (C=O) groups is 4. The molecule has 1 saturated heterocycles. The fourth-order valence-electron chi connectivity index (χ4n) is 4.60. The van der Waals surface area contributed by atoms with Crippen molar-refractivity contribution in [1.29, 1.82) is 0 Å². The average molecular weight is 505 g/mol. The van der Waals surface area contributed by atoms with Gasteiger partial charge in [0.15, 0.2) is 18.3 Å². The monoisotopic (exact) mass is 504 g/mol. The van der Waals surface area contributed by atoms with Crippen molar-refractivity contribution in [2.45, 2.75) is 77.0 Å². The molecule has 2 N–H and O–H groups in total. The summed E-state index contributed by atoms with van der Waals surface area (Å²) in [5.41, 5.74) is 1.03. The summed E-state index contributed by atoms with van der Waals surface area (Å²) in [7, 11) is 0. The molecular weight excluding hydrogens is 472 g/mol. The van der Waals surface area contributed by atoms with E-state index in [1.165, 1.54) is 27.7 Å². The number of ether oxygens (including phenoxy) is 5. The van der Waals surface area contributed by atoms with Crippen molar-refractivity contribution in [3.63, 3.8) is 0 Å². The zero-order valence-electron chi connectivity index (χ0n) is 20.9. The largest absolute Gasteiger partial charge is 0.463 e. The first kappa shape index (κ1) is 27.0. The van der Waals surface area contributed by atoms with Crippen LogP contribution in [-0.2, 0) is 48.3 Å². The molecule has 1 fully saturated rings. The topological polar surface area (TPSA) is 146 Å². The van der Waals surface area contributed by atoms with Crippen LogP contribution in [0.15, 0.2) is 36.7 Å². The minimum absolute atomic E-state index is 0.257. The Morgan fingerprint density at radius 2 is 1.25 bits per heavy atom. The van der Waals surface area contributed by atoms with Crippen molar-refractivity contribution in [3.05, 3.63) is 48.0 Å². The van der Waals surface area contributed by atoms with Crippen LogP contribution < -0.4 is 0 Å². The van der Waals surface area contributed by atoms with E-state index in [-0.39, 0.29) is 13.0 Å². The minimum Gasteiger partial charge on any atom is -0.463 e. The summed E-state index contributed by atoms with van der Waals surface area (Å²) in [6.45, 7) is 6.56. The average Bonchev–Trinajstić information content (AvgIpc) is 3.50. The summed E-state index contributed by atoms with van der Waals surface area (Å²) < 4.78 is 28.1. The molecule has 0 radical (unpaired) electrons. The van der Waals surface area contributed by atoms with E-state index in [1.54, 1.807) is 12.4 Å². The fourth-order valence-corrected chi connectivity index (χ4v) is 4.60. The van der Waals surface area contributed by atoms with E-state index >= 15 is 0 Å². The molecule has 0 amide bonds. The smallest absolute Gasteiger partial charge is 0.303 e. The SMILES string of the molecule is CC(=O)OC[C@H]1O[C@@H](CC(C)(c2ccc[nH]2)c2ccc[nH]2)[C@H](OC(C)=O)[C@@H](OC(C)=O)[C@@H]1OC(C)=O. The van der Waals surface area contributed by atoms with Gasteiger partial charge in [0, 0.05) is 51.5 Å². The maximum Gasteiger partial charge on any atom is 0.303 e. The summed E-state index contributed by atoms with van der Waals surface area (Å²) in [5, 5.41) is 0. The lowest BCUT2D eigenvalue weighted by atomic mass is 9.75. The predicted molar refractivity (Wildman–Crippen MR) is 125 cm³/mol. The van der Waals surface area contributed by atoms with Crippen molar-refractivity contribution < 1.29 is 42.9 Å². The highest BCUT2D eigenvalue weighted by molar-refractivity contribution is 5.68. The van der Waals surface area contributed by atoms with Crippen LogP contribution in [0.2, 0.25) is 0 Å². The Hall–Kier alpha value is -3.60. The van der Waals surface area contributed by atoms with E-state index in [0.29, 0.717) is 0 Å². The van der Waals surface area contributed by atoms with Gasteiger partial charge in [-0.15, -0.1) is 0 Å². The van der Waals surface area contributed by atoms with Crippen LogP contribution in [0.3, 0.4) is 0 Å². The number of esters is 4. The molecule has 0 bridgehead atoms. The molecule has 11 nitrogen and oxygen atoms in total. The van der Waals surface area contributed by atoms with Gasteiger partial charge in [-0.3, -0.25) is 19.2 Å². The van der Waals surface area contributed by atoms with Gasteiger partial charge in [-0.1, -0.05) is 0 Å². The molecule has 3 rings (SSSR count). The molecule has 0 saturated carbocycles. The third kappa shape index (κ3) is 6.34. The maximum atomic E-state index is 12.1. The fraction of sp³-hybridized carbons (Fsp3) is 0.520. The van der Waals surface area contributed by atoms with Gasteiger partial charge in [0.1, 0.15) is 18.8 Å².